The van der Waals surface area contributed by atoms with E-state index < -0.39 is 0 Å². The molecule has 0 unspecified atom stereocenters. The zero-order valence-corrected chi connectivity index (χ0v) is 17.9. The molecular formula is C25H17N5OS. The van der Waals surface area contributed by atoms with Crippen molar-refractivity contribution in [1.82, 2.24) is 25.1 Å². The number of benzene rings is 1. The van der Waals surface area contributed by atoms with Gasteiger partial charge < -0.3 is 4.98 Å². The van der Waals surface area contributed by atoms with Gasteiger partial charge in [0.05, 0.1) is 27.8 Å². The molecule has 0 fully saturated rings. The quantitative estimate of drug-likeness (QED) is 0.328. The van der Waals surface area contributed by atoms with Crippen molar-refractivity contribution in [3.05, 3.63) is 78.2 Å². The second-order valence-electron chi connectivity index (χ2n) is 7.62. The molecule has 0 saturated carbocycles. The van der Waals surface area contributed by atoms with Crippen molar-refractivity contribution in [1.29, 1.82) is 0 Å². The molecular weight excluding hydrogens is 418 g/mol. The van der Waals surface area contributed by atoms with E-state index in [1.54, 1.807) is 19.3 Å². The van der Waals surface area contributed by atoms with E-state index >= 15 is 0 Å². The van der Waals surface area contributed by atoms with Crippen molar-refractivity contribution >= 4 is 38.9 Å². The fraction of sp³-hybridized carbons (Fsp3) is 0.0400. The number of pyridine rings is 2. The lowest BCUT2D eigenvalue weighted by molar-refractivity contribution is 0.102. The number of hydrogen-bond acceptors (Lipinski definition) is 5. The molecule has 5 aromatic heterocycles. The van der Waals surface area contributed by atoms with Gasteiger partial charge in [-0.3, -0.25) is 19.9 Å². The van der Waals surface area contributed by atoms with Crippen LogP contribution in [0, 0.1) is 0 Å². The Bertz CT molecular complexity index is 1610. The Morgan fingerprint density at radius 1 is 0.875 bits per heavy atom. The highest BCUT2D eigenvalue weighted by atomic mass is 32.1. The van der Waals surface area contributed by atoms with E-state index in [4.69, 9.17) is 0 Å². The van der Waals surface area contributed by atoms with Crippen LogP contribution in [0.4, 0.5) is 0 Å². The standard InChI is InChI=1S/C25H17N5OS/c1-14(31)23-4-5-24(32-23)19-12-27-13-22-17(19)11-21(28-22)25-18-10-16(2-3-20(18)29-30-25)15-6-8-26-9-7-15/h2-13,28H,1H3,(H,29,30). The maximum Gasteiger partial charge on any atom is 0.169 e. The van der Waals surface area contributed by atoms with Crippen LogP contribution in [0.1, 0.15) is 16.6 Å². The van der Waals surface area contributed by atoms with Crippen molar-refractivity contribution in [3.8, 4) is 33.0 Å². The molecule has 0 saturated heterocycles. The minimum atomic E-state index is 0.0733. The van der Waals surface area contributed by atoms with Crippen LogP contribution in [-0.2, 0) is 0 Å². The van der Waals surface area contributed by atoms with Crippen LogP contribution >= 0.6 is 11.3 Å². The highest BCUT2D eigenvalue weighted by Crippen LogP contribution is 2.37. The van der Waals surface area contributed by atoms with E-state index in [-0.39, 0.29) is 5.78 Å². The molecule has 0 bridgehead atoms. The Hall–Kier alpha value is -4.10. The second kappa shape index (κ2) is 7.25. The molecule has 0 amide bonds. The normalized spacial score (nSPS) is 11.4. The first-order valence-corrected chi connectivity index (χ1v) is 11.0. The van der Waals surface area contributed by atoms with Gasteiger partial charge in [-0.25, -0.2) is 0 Å². The van der Waals surface area contributed by atoms with Gasteiger partial charge in [-0.1, -0.05) is 6.07 Å². The Balaban J connectivity index is 1.49. The molecule has 0 radical (unpaired) electrons. The Labute approximate surface area is 187 Å². The van der Waals surface area contributed by atoms with E-state index in [2.05, 4.69) is 43.3 Å². The molecule has 0 aliphatic rings. The first-order chi connectivity index (χ1) is 15.7. The third kappa shape index (κ3) is 3.02. The molecule has 0 spiro atoms. The number of aromatic amines is 2. The highest BCUT2D eigenvalue weighted by molar-refractivity contribution is 7.17. The van der Waals surface area contributed by atoms with Gasteiger partial charge >= 0.3 is 0 Å². The number of carbonyl (C=O) groups excluding carboxylic acids is 1. The van der Waals surface area contributed by atoms with Gasteiger partial charge in [0.1, 0.15) is 5.69 Å². The zero-order valence-electron chi connectivity index (χ0n) is 17.1. The first-order valence-electron chi connectivity index (χ1n) is 10.1. The number of rotatable bonds is 4. The zero-order chi connectivity index (χ0) is 21.7. The third-order valence-corrected chi connectivity index (χ3v) is 6.82. The molecule has 0 atom stereocenters. The van der Waals surface area contributed by atoms with Crippen molar-refractivity contribution in [2.45, 2.75) is 6.92 Å². The summed E-state index contributed by atoms with van der Waals surface area (Å²) in [4.78, 5) is 25.5. The maximum absolute atomic E-state index is 11.7. The molecule has 32 heavy (non-hydrogen) atoms. The van der Waals surface area contributed by atoms with Gasteiger partial charge in [0.2, 0.25) is 0 Å². The van der Waals surface area contributed by atoms with Crippen LogP contribution in [0.15, 0.2) is 73.3 Å². The van der Waals surface area contributed by atoms with Crippen molar-refractivity contribution < 1.29 is 4.79 Å². The molecule has 6 nitrogen and oxygen atoms in total. The van der Waals surface area contributed by atoms with Crippen LogP contribution in [0.3, 0.4) is 0 Å². The fourth-order valence-electron chi connectivity index (χ4n) is 3.99. The average Bonchev–Trinajstić information content (AvgIpc) is 3.56. The summed E-state index contributed by atoms with van der Waals surface area (Å²) in [5, 5.41) is 9.82. The predicted molar refractivity (Wildman–Crippen MR) is 128 cm³/mol. The minimum Gasteiger partial charge on any atom is -0.352 e. The molecule has 5 heterocycles. The fourth-order valence-corrected chi connectivity index (χ4v) is 4.92. The molecule has 7 heteroatoms. The van der Waals surface area contributed by atoms with Gasteiger partial charge in [0, 0.05) is 39.8 Å². The number of Topliss-reactive ketones (excluding diaryl/α,β-unsaturated/α-hetero) is 1. The molecule has 2 N–H and O–H groups in total. The van der Waals surface area contributed by atoms with Gasteiger partial charge in [-0.15, -0.1) is 11.3 Å². The lowest BCUT2D eigenvalue weighted by Crippen LogP contribution is -1.83. The maximum atomic E-state index is 11.7. The largest absolute Gasteiger partial charge is 0.352 e. The van der Waals surface area contributed by atoms with Crippen LogP contribution in [0.5, 0.6) is 0 Å². The number of carbonyl (C=O) groups is 1. The number of nitrogens with one attached hydrogen (secondary N) is 2. The first kappa shape index (κ1) is 18.7. The number of H-pyrrole nitrogens is 2. The topological polar surface area (TPSA) is 87.3 Å². The van der Waals surface area contributed by atoms with Crippen LogP contribution in [0.25, 0.3) is 54.8 Å². The predicted octanol–water partition coefficient (Wildman–Crippen LogP) is 6.10. The molecule has 154 valence electrons. The number of fused-ring (bicyclic) bond motifs is 2. The summed E-state index contributed by atoms with van der Waals surface area (Å²) in [6.07, 6.45) is 7.26. The summed E-state index contributed by atoms with van der Waals surface area (Å²) in [7, 11) is 0. The van der Waals surface area contributed by atoms with Crippen molar-refractivity contribution in [2.24, 2.45) is 0 Å². The lowest BCUT2D eigenvalue weighted by Gasteiger charge is -2.02. The van der Waals surface area contributed by atoms with Gasteiger partial charge in [0.25, 0.3) is 0 Å². The number of nitrogens with zero attached hydrogens (tertiary/aromatic N) is 3. The Morgan fingerprint density at radius 3 is 2.56 bits per heavy atom. The van der Waals surface area contributed by atoms with E-state index in [0.29, 0.717) is 0 Å². The summed E-state index contributed by atoms with van der Waals surface area (Å²) < 4.78 is 0. The Morgan fingerprint density at radius 2 is 1.75 bits per heavy atom. The van der Waals surface area contributed by atoms with Gasteiger partial charge in [-0.05, 0) is 60.5 Å². The van der Waals surface area contributed by atoms with Gasteiger partial charge in [0.15, 0.2) is 5.78 Å². The van der Waals surface area contributed by atoms with E-state index in [1.807, 2.05) is 42.7 Å². The average molecular weight is 436 g/mol. The molecule has 6 rings (SSSR count). The second-order valence-corrected chi connectivity index (χ2v) is 8.70. The number of hydrogen-bond donors (Lipinski definition) is 2. The molecule has 0 aliphatic heterocycles. The lowest BCUT2D eigenvalue weighted by atomic mass is 10.0. The third-order valence-electron chi connectivity index (χ3n) is 5.60. The summed E-state index contributed by atoms with van der Waals surface area (Å²) in [5.74, 6) is 0.0733. The SMILES string of the molecule is CC(=O)c1ccc(-c2cncc3[nH]c(-c4n[nH]c5ccc(-c6ccncc6)cc45)cc23)s1. The highest BCUT2D eigenvalue weighted by Gasteiger charge is 2.16. The molecule has 6 aromatic rings. The monoisotopic (exact) mass is 435 g/mol. The number of aromatic nitrogens is 5. The van der Waals surface area contributed by atoms with E-state index in [9.17, 15) is 4.79 Å². The number of thiophene rings is 1. The summed E-state index contributed by atoms with van der Waals surface area (Å²) in [6, 6.07) is 16.2. The van der Waals surface area contributed by atoms with Gasteiger partial charge in [-0.2, -0.15) is 5.10 Å². The number of ketones is 1. The summed E-state index contributed by atoms with van der Waals surface area (Å²) in [6.45, 7) is 1.59. The van der Waals surface area contributed by atoms with E-state index in [1.165, 1.54) is 11.3 Å². The van der Waals surface area contributed by atoms with Crippen LogP contribution in [-0.4, -0.2) is 30.9 Å². The van der Waals surface area contributed by atoms with Crippen LogP contribution < -0.4 is 0 Å². The summed E-state index contributed by atoms with van der Waals surface area (Å²) in [5.41, 5.74) is 6.88. The van der Waals surface area contributed by atoms with Crippen molar-refractivity contribution in [2.75, 3.05) is 0 Å². The van der Waals surface area contributed by atoms with Crippen LogP contribution in [0.2, 0.25) is 0 Å². The smallest absolute Gasteiger partial charge is 0.169 e. The van der Waals surface area contributed by atoms with E-state index in [0.717, 1.165) is 59.6 Å². The summed E-state index contributed by atoms with van der Waals surface area (Å²) >= 11 is 1.49. The molecule has 0 aliphatic carbocycles. The minimum absolute atomic E-state index is 0.0733. The van der Waals surface area contributed by atoms with Crippen molar-refractivity contribution in [3.63, 3.8) is 0 Å². The molecule has 1 aromatic carbocycles. The Kier molecular flexibility index (Phi) is 4.22.